The Balaban J connectivity index is 2.68. The highest BCUT2D eigenvalue weighted by Crippen LogP contribution is 2.22. The Labute approximate surface area is 97.8 Å². The van der Waals surface area contributed by atoms with Crippen LogP contribution in [0.5, 0.6) is 0 Å². The molecular weight excluding hydrogens is 234 g/mol. The van der Waals surface area contributed by atoms with Crippen LogP contribution in [0.3, 0.4) is 0 Å². The summed E-state index contributed by atoms with van der Waals surface area (Å²) in [6, 6.07) is 0. The number of amides is 1. The van der Waals surface area contributed by atoms with Crippen LogP contribution in [0.2, 0.25) is 0 Å². The average Bonchev–Trinajstić information content (AvgIpc) is 2.29. The second kappa shape index (κ2) is 6.12. The summed E-state index contributed by atoms with van der Waals surface area (Å²) in [6.45, 7) is 1.42. The van der Waals surface area contributed by atoms with Crippen LogP contribution < -0.4 is 5.32 Å². The first-order valence-electron chi connectivity index (χ1n) is 5.26. The van der Waals surface area contributed by atoms with Gasteiger partial charge in [0.05, 0.1) is 6.61 Å². The molecule has 100 valence electrons. The summed E-state index contributed by atoms with van der Waals surface area (Å²) in [4.78, 5) is 11.2. The Morgan fingerprint density at radius 3 is 2.53 bits per heavy atom. The Morgan fingerprint density at radius 1 is 1.35 bits per heavy atom. The number of ether oxygens (including phenoxy) is 2. The van der Waals surface area contributed by atoms with Gasteiger partial charge in [-0.1, -0.05) is 0 Å². The van der Waals surface area contributed by atoms with E-state index in [2.05, 4.69) is 5.32 Å². The van der Waals surface area contributed by atoms with Crippen LogP contribution in [-0.2, 0) is 9.47 Å². The maximum Gasteiger partial charge on any atom is 0.407 e. The highest BCUT2D eigenvalue weighted by atomic mass is 16.7. The Morgan fingerprint density at radius 2 is 2.00 bits per heavy atom. The Kier molecular flexibility index (Phi) is 5.09. The second-order valence-corrected chi connectivity index (χ2v) is 3.63. The molecule has 1 heterocycles. The zero-order valence-corrected chi connectivity index (χ0v) is 9.31. The van der Waals surface area contributed by atoms with Gasteiger partial charge in [-0.05, 0) is 6.92 Å². The number of aliphatic hydroxyl groups is 4. The molecule has 1 saturated heterocycles. The van der Waals surface area contributed by atoms with E-state index in [1.54, 1.807) is 6.92 Å². The zero-order valence-electron chi connectivity index (χ0n) is 9.31. The second-order valence-electron chi connectivity index (χ2n) is 3.63. The molecule has 0 aromatic carbocycles. The van der Waals surface area contributed by atoms with Gasteiger partial charge in [0.15, 0.2) is 12.4 Å². The number of nitrogens with one attached hydrogen (secondary N) is 1. The summed E-state index contributed by atoms with van der Waals surface area (Å²) < 4.78 is 9.48. The third-order valence-electron chi connectivity index (χ3n) is 2.40. The summed E-state index contributed by atoms with van der Waals surface area (Å²) >= 11 is 0. The van der Waals surface area contributed by atoms with Crippen LogP contribution in [0.15, 0.2) is 0 Å². The van der Waals surface area contributed by atoms with Crippen molar-refractivity contribution in [3.05, 3.63) is 0 Å². The molecule has 0 bridgehead atoms. The number of alkyl carbamates (subject to hydrolysis) is 1. The number of aliphatic hydroxyl groups excluding tert-OH is 4. The van der Waals surface area contributed by atoms with E-state index in [-0.39, 0.29) is 0 Å². The Bertz CT molecular complexity index is 262. The molecule has 5 N–H and O–H groups in total. The molecule has 0 aromatic rings. The van der Waals surface area contributed by atoms with Crippen molar-refractivity contribution in [1.82, 2.24) is 5.32 Å². The van der Waals surface area contributed by atoms with Crippen molar-refractivity contribution in [2.75, 3.05) is 13.2 Å². The maximum absolute atomic E-state index is 11.2. The van der Waals surface area contributed by atoms with Crippen LogP contribution in [0, 0.1) is 0 Å². The van der Waals surface area contributed by atoms with Gasteiger partial charge in [0, 0.05) is 6.54 Å². The summed E-state index contributed by atoms with van der Waals surface area (Å²) in [5.41, 5.74) is 0. The molecule has 1 rings (SSSR count). The lowest BCUT2D eigenvalue weighted by Crippen LogP contribution is -2.60. The van der Waals surface area contributed by atoms with Crippen molar-refractivity contribution < 1.29 is 34.7 Å². The van der Waals surface area contributed by atoms with Gasteiger partial charge < -0.3 is 35.2 Å². The van der Waals surface area contributed by atoms with Crippen molar-refractivity contribution >= 4 is 6.09 Å². The summed E-state index contributed by atoms with van der Waals surface area (Å²) in [7, 11) is 0. The molecule has 8 nitrogen and oxygen atoms in total. The minimum Gasteiger partial charge on any atom is -0.440 e. The van der Waals surface area contributed by atoms with Crippen molar-refractivity contribution in [1.29, 1.82) is 0 Å². The molecule has 8 heteroatoms. The van der Waals surface area contributed by atoms with Gasteiger partial charge >= 0.3 is 6.09 Å². The van der Waals surface area contributed by atoms with E-state index < -0.39 is 43.4 Å². The predicted octanol–water partition coefficient (Wildman–Crippen LogP) is -2.47. The molecule has 5 atom stereocenters. The molecule has 0 aliphatic carbocycles. The van der Waals surface area contributed by atoms with Crippen LogP contribution >= 0.6 is 0 Å². The number of carbonyl (C=O) groups excluding carboxylic acids is 1. The third-order valence-corrected chi connectivity index (χ3v) is 2.40. The smallest absolute Gasteiger partial charge is 0.407 e. The maximum atomic E-state index is 11.2. The minimum atomic E-state index is -1.63. The molecule has 0 spiro atoms. The van der Waals surface area contributed by atoms with Crippen molar-refractivity contribution in [3.8, 4) is 0 Å². The van der Waals surface area contributed by atoms with Crippen LogP contribution in [0.25, 0.3) is 0 Å². The fourth-order valence-corrected chi connectivity index (χ4v) is 1.52. The summed E-state index contributed by atoms with van der Waals surface area (Å²) in [6.07, 6.45) is -7.93. The number of hydrogen-bond acceptors (Lipinski definition) is 7. The lowest BCUT2D eigenvalue weighted by atomic mass is 9.99. The molecule has 1 aliphatic heterocycles. The molecule has 0 saturated carbocycles. The van der Waals surface area contributed by atoms with Gasteiger partial charge in [-0.3, -0.25) is 0 Å². The SMILES string of the molecule is CCNC(=O)O[C@H]1[C@H](O)[C@@H](CO)OC(O)[C@@H]1O. The largest absolute Gasteiger partial charge is 0.440 e. The summed E-state index contributed by atoms with van der Waals surface area (Å²) in [5, 5.41) is 39.7. The highest BCUT2D eigenvalue weighted by molar-refractivity contribution is 5.67. The van der Waals surface area contributed by atoms with E-state index in [1.807, 2.05) is 0 Å². The molecule has 0 aromatic heterocycles. The topological polar surface area (TPSA) is 128 Å². The molecule has 1 fully saturated rings. The van der Waals surface area contributed by atoms with Crippen molar-refractivity contribution in [2.24, 2.45) is 0 Å². The van der Waals surface area contributed by atoms with E-state index >= 15 is 0 Å². The van der Waals surface area contributed by atoms with E-state index in [0.29, 0.717) is 6.54 Å². The third kappa shape index (κ3) is 3.27. The zero-order chi connectivity index (χ0) is 13.0. The van der Waals surface area contributed by atoms with Gasteiger partial charge in [-0.2, -0.15) is 0 Å². The summed E-state index contributed by atoms with van der Waals surface area (Å²) in [5.74, 6) is 0. The fourth-order valence-electron chi connectivity index (χ4n) is 1.52. The van der Waals surface area contributed by atoms with Gasteiger partial charge in [0.1, 0.15) is 18.3 Å². The van der Waals surface area contributed by atoms with Crippen LogP contribution in [0.1, 0.15) is 6.92 Å². The van der Waals surface area contributed by atoms with Gasteiger partial charge in [-0.25, -0.2) is 4.79 Å². The van der Waals surface area contributed by atoms with E-state index in [9.17, 15) is 20.1 Å². The predicted molar refractivity (Wildman–Crippen MR) is 53.9 cm³/mol. The molecule has 1 amide bonds. The number of carbonyl (C=O) groups is 1. The number of hydrogen-bond donors (Lipinski definition) is 5. The monoisotopic (exact) mass is 251 g/mol. The normalized spacial score (nSPS) is 37.6. The van der Waals surface area contributed by atoms with Gasteiger partial charge in [-0.15, -0.1) is 0 Å². The molecule has 1 aliphatic rings. The van der Waals surface area contributed by atoms with Gasteiger partial charge in [0.25, 0.3) is 0 Å². The van der Waals surface area contributed by atoms with E-state index in [0.717, 1.165) is 0 Å². The van der Waals surface area contributed by atoms with Gasteiger partial charge in [0.2, 0.25) is 0 Å². The fraction of sp³-hybridized carbons (Fsp3) is 0.889. The quantitative estimate of drug-likeness (QED) is 0.376. The Hall–Kier alpha value is -0.930. The first-order chi connectivity index (χ1) is 8.01. The molecule has 1 unspecified atom stereocenters. The van der Waals surface area contributed by atoms with E-state index in [1.165, 1.54) is 0 Å². The average molecular weight is 251 g/mol. The number of rotatable bonds is 3. The lowest BCUT2D eigenvalue weighted by molar-refractivity contribution is -0.285. The molecular formula is C9H17NO7. The molecule has 0 radical (unpaired) electrons. The minimum absolute atomic E-state index is 0.320. The van der Waals surface area contributed by atoms with Crippen LogP contribution in [0.4, 0.5) is 4.79 Å². The molecule has 17 heavy (non-hydrogen) atoms. The van der Waals surface area contributed by atoms with E-state index in [4.69, 9.17) is 14.6 Å². The highest BCUT2D eigenvalue weighted by Gasteiger charge is 2.46. The first kappa shape index (κ1) is 14.1. The lowest BCUT2D eigenvalue weighted by Gasteiger charge is -2.39. The first-order valence-corrected chi connectivity index (χ1v) is 5.26. The van der Waals surface area contributed by atoms with Crippen molar-refractivity contribution in [2.45, 2.75) is 37.6 Å². The van der Waals surface area contributed by atoms with Crippen LogP contribution in [-0.4, -0.2) is 70.4 Å². The van der Waals surface area contributed by atoms with Crippen molar-refractivity contribution in [3.63, 3.8) is 0 Å². The standard InChI is InChI=1S/C9H17NO7/c1-2-10-9(15)17-7-5(12)4(3-11)16-8(14)6(7)13/h4-8,11-14H,2-3H2,1H3,(H,10,15)/t4-,5-,6-,7+,8?/m1/s1.